The number of aryl methyl sites for hydroxylation is 1. The van der Waals surface area contributed by atoms with Crippen molar-refractivity contribution < 1.29 is 4.79 Å². The predicted octanol–water partition coefficient (Wildman–Crippen LogP) is 3.93. The molecule has 0 aliphatic carbocycles. The van der Waals surface area contributed by atoms with Gasteiger partial charge < -0.3 is 15.5 Å². The van der Waals surface area contributed by atoms with Crippen molar-refractivity contribution in [3.8, 4) is 0 Å². The lowest BCUT2D eigenvalue weighted by molar-refractivity contribution is -0.148. The zero-order valence-electron chi connectivity index (χ0n) is 18.1. The number of piperidine rings is 2. The second kappa shape index (κ2) is 7.84. The monoisotopic (exact) mass is 415 g/mol. The molecule has 0 bridgehead atoms. The number of nitrogens with two attached hydrogens (primary N) is 1. The molecule has 2 N–H and O–H groups in total. The van der Waals surface area contributed by atoms with Crippen molar-refractivity contribution in [3.63, 3.8) is 0 Å². The maximum Gasteiger partial charge on any atom is 0.229 e. The molecule has 0 saturated carbocycles. The maximum absolute atomic E-state index is 13.6. The first kappa shape index (κ1) is 19.8. The van der Waals surface area contributed by atoms with Gasteiger partial charge in [-0.15, -0.1) is 0 Å². The third-order valence-electron chi connectivity index (χ3n) is 7.04. The fourth-order valence-electron chi connectivity index (χ4n) is 5.10. The zero-order chi connectivity index (χ0) is 21.4. The van der Waals surface area contributed by atoms with Crippen LogP contribution >= 0.6 is 0 Å². The summed E-state index contributed by atoms with van der Waals surface area (Å²) in [5.74, 6) is 1.22. The molecule has 0 radical (unpaired) electrons. The van der Waals surface area contributed by atoms with E-state index in [9.17, 15) is 4.79 Å². The summed E-state index contributed by atoms with van der Waals surface area (Å²) in [7, 11) is 0. The number of rotatable bonds is 3. The summed E-state index contributed by atoms with van der Waals surface area (Å²) in [5, 5.41) is 0. The number of nitrogens with zero attached hydrogens (tertiary/aromatic N) is 4. The van der Waals surface area contributed by atoms with E-state index in [2.05, 4.69) is 21.7 Å². The fourth-order valence-corrected chi connectivity index (χ4v) is 5.10. The van der Waals surface area contributed by atoms with Gasteiger partial charge in [-0.05, 0) is 68.0 Å². The topological polar surface area (TPSA) is 75.3 Å². The molecule has 6 nitrogen and oxygen atoms in total. The molecule has 2 aliphatic heterocycles. The molecule has 1 amide bonds. The Kier molecular flexibility index (Phi) is 5.00. The Morgan fingerprint density at radius 2 is 1.81 bits per heavy atom. The summed E-state index contributed by atoms with van der Waals surface area (Å²) >= 11 is 0. The molecule has 5 rings (SSSR count). The minimum atomic E-state index is -0.243. The van der Waals surface area contributed by atoms with Crippen LogP contribution < -0.4 is 10.6 Å². The van der Waals surface area contributed by atoms with Gasteiger partial charge in [0.25, 0.3) is 0 Å². The van der Waals surface area contributed by atoms with Crippen LogP contribution in [0.5, 0.6) is 0 Å². The number of hydrogen-bond acceptors (Lipinski definition) is 5. The smallest absolute Gasteiger partial charge is 0.229 e. The highest BCUT2D eigenvalue weighted by Gasteiger charge is 2.45. The van der Waals surface area contributed by atoms with Crippen LogP contribution in [0.2, 0.25) is 0 Å². The van der Waals surface area contributed by atoms with Gasteiger partial charge in [-0.25, -0.2) is 4.98 Å². The standard InChI is InChI=1S/C25H29N5O/c1-18-7-8-20(26)15-19(18)17-30-12-4-9-25(24(30)31)10-13-29(14-11-25)23-16-27-21-5-2-3-6-22(21)28-23/h2-3,5-8,15-16H,4,9-14,17,26H2,1H3. The highest BCUT2D eigenvalue weighted by atomic mass is 16.2. The van der Waals surface area contributed by atoms with Gasteiger partial charge in [-0.3, -0.25) is 9.78 Å². The lowest BCUT2D eigenvalue weighted by atomic mass is 9.71. The Morgan fingerprint density at radius 1 is 1.03 bits per heavy atom. The molecular weight excluding hydrogens is 386 g/mol. The summed E-state index contributed by atoms with van der Waals surface area (Å²) in [4.78, 5) is 27.3. The minimum absolute atomic E-state index is 0.243. The predicted molar refractivity (Wildman–Crippen MR) is 124 cm³/mol. The summed E-state index contributed by atoms with van der Waals surface area (Å²) in [6.45, 7) is 5.24. The quantitative estimate of drug-likeness (QED) is 0.656. The van der Waals surface area contributed by atoms with Gasteiger partial charge in [0, 0.05) is 31.9 Å². The molecular formula is C25H29N5O. The van der Waals surface area contributed by atoms with Gasteiger partial charge in [0.1, 0.15) is 5.82 Å². The number of fused-ring (bicyclic) bond motifs is 1. The summed E-state index contributed by atoms with van der Waals surface area (Å²) < 4.78 is 0. The second-order valence-electron chi connectivity index (χ2n) is 9.00. The normalized spacial score (nSPS) is 18.7. The largest absolute Gasteiger partial charge is 0.399 e. The lowest BCUT2D eigenvalue weighted by Crippen LogP contribution is -2.53. The van der Waals surface area contributed by atoms with Gasteiger partial charge in [0.15, 0.2) is 0 Å². The number of carbonyl (C=O) groups is 1. The van der Waals surface area contributed by atoms with E-state index in [4.69, 9.17) is 10.7 Å². The summed E-state index contributed by atoms with van der Waals surface area (Å²) in [5.41, 5.74) is 10.7. The van der Waals surface area contributed by atoms with Gasteiger partial charge >= 0.3 is 0 Å². The summed E-state index contributed by atoms with van der Waals surface area (Å²) in [6, 6.07) is 13.9. The maximum atomic E-state index is 13.6. The first-order chi connectivity index (χ1) is 15.0. The Morgan fingerprint density at radius 3 is 2.61 bits per heavy atom. The van der Waals surface area contributed by atoms with Crippen LogP contribution in [-0.4, -0.2) is 40.4 Å². The van der Waals surface area contributed by atoms with Crippen LogP contribution in [0.1, 0.15) is 36.8 Å². The highest BCUT2D eigenvalue weighted by molar-refractivity contribution is 5.84. The number of anilines is 2. The van der Waals surface area contributed by atoms with E-state index in [0.29, 0.717) is 12.5 Å². The molecule has 1 spiro atoms. The number of benzene rings is 2. The van der Waals surface area contributed by atoms with E-state index < -0.39 is 0 Å². The molecule has 0 atom stereocenters. The Balaban J connectivity index is 1.30. The molecule has 1 aromatic heterocycles. The Bertz CT molecular complexity index is 1120. The molecule has 3 heterocycles. The van der Waals surface area contributed by atoms with Gasteiger partial charge in [-0.1, -0.05) is 18.2 Å². The molecule has 160 valence electrons. The van der Waals surface area contributed by atoms with Crippen LogP contribution in [0.25, 0.3) is 11.0 Å². The molecule has 2 aliphatic rings. The first-order valence-corrected chi connectivity index (χ1v) is 11.2. The van der Waals surface area contributed by atoms with Crippen molar-refractivity contribution in [2.24, 2.45) is 5.41 Å². The van der Waals surface area contributed by atoms with Crippen molar-refractivity contribution in [1.29, 1.82) is 0 Å². The Labute approximate surface area is 183 Å². The molecule has 3 aromatic rings. The number of likely N-dealkylation sites (tertiary alicyclic amines) is 1. The Hall–Kier alpha value is -3.15. The van der Waals surface area contributed by atoms with Crippen molar-refractivity contribution in [3.05, 3.63) is 59.8 Å². The SMILES string of the molecule is Cc1ccc(N)cc1CN1CCCC2(CCN(c3cnc4ccccc4n3)CC2)C1=O. The molecule has 0 unspecified atom stereocenters. The number of hydrogen-bond donors (Lipinski definition) is 1. The van der Waals surface area contributed by atoms with Crippen LogP contribution in [0.4, 0.5) is 11.5 Å². The minimum Gasteiger partial charge on any atom is -0.399 e. The molecule has 31 heavy (non-hydrogen) atoms. The third-order valence-corrected chi connectivity index (χ3v) is 7.04. The van der Waals surface area contributed by atoms with Crippen molar-refractivity contribution >= 4 is 28.4 Å². The molecule has 6 heteroatoms. The number of para-hydroxylation sites is 2. The first-order valence-electron chi connectivity index (χ1n) is 11.2. The number of carbonyl (C=O) groups excluding carboxylic acids is 1. The van der Waals surface area contributed by atoms with E-state index >= 15 is 0 Å². The lowest BCUT2D eigenvalue weighted by Gasteiger charge is -2.46. The average Bonchev–Trinajstić information content (AvgIpc) is 2.79. The molecule has 2 aromatic carbocycles. The van der Waals surface area contributed by atoms with Gasteiger partial charge in [0.05, 0.1) is 22.6 Å². The van der Waals surface area contributed by atoms with Gasteiger partial charge in [-0.2, -0.15) is 0 Å². The van der Waals surface area contributed by atoms with Crippen LogP contribution in [0, 0.1) is 12.3 Å². The number of amides is 1. The van der Waals surface area contributed by atoms with E-state index in [1.165, 1.54) is 5.56 Å². The van der Waals surface area contributed by atoms with Gasteiger partial charge in [0.2, 0.25) is 5.91 Å². The zero-order valence-corrected chi connectivity index (χ0v) is 18.1. The fraction of sp³-hybridized carbons (Fsp3) is 0.400. The molecule has 2 saturated heterocycles. The summed E-state index contributed by atoms with van der Waals surface area (Å²) in [6.07, 6.45) is 5.63. The van der Waals surface area contributed by atoms with E-state index in [1.807, 2.05) is 48.7 Å². The third kappa shape index (κ3) is 3.71. The number of aromatic nitrogens is 2. The average molecular weight is 416 g/mol. The van der Waals surface area contributed by atoms with Crippen LogP contribution in [0.3, 0.4) is 0 Å². The van der Waals surface area contributed by atoms with Crippen molar-refractivity contribution in [2.45, 2.75) is 39.2 Å². The van der Waals surface area contributed by atoms with E-state index in [-0.39, 0.29) is 5.41 Å². The molecule has 2 fully saturated rings. The van der Waals surface area contributed by atoms with E-state index in [1.54, 1.807) is 0 Å². The van der Waals surface area contributed by atoms with E-state index in [0.717, 1.165) is 73.4 Å². The van der Waals surface area contributed by atoms with Crippen LogP contribution in [-0.2, 0) is 11.3 Å². The van der Waals surface area contributed by atoms with Crippen molar-refractivity contribution in [1.82, 2.24) is 14.9 Å². The second-order valence-corrected chi connectivity index (χ2v) is 9.00. The van der Waals surface area contributed by atoms with Crippen LogP contribution in [0.15, 0.2) is 48.7 Å². The number of nitrogen functional groups attached to an aromatic ring is 1. The highest BCUT2D eigenvalue weighted by Crippen LogP contribution is 2.42. The van der Waals surface area contributed by atoms with Crippen molar-refractivity contribution in [2.75, 3.05) is 30.3 Å².